The number of likely N-dealkylation sites (tertiary alicyclic amines) is 1. The lowest BCUT2D eigenvalue weighted by molar-refractivity contribution is -0.142. The van der Waals surface area contributed by atoms with Gasteiger partial charge in [-0.3, -0.25) is 14.7 Å². The Bertz CT molecular complexity index is 530. The summed E-state index contributed by atoms with van der Waals surface area (Å²) >= 11 is 0. The van der Waals surface area contributed by atoms with Gasteiger partial charge in [0.15, 0.2) is 0 Å². The summed E-state index contributed by atoms with van der Waals surface area (Å²) in [6.45, 7) is 8.35. The summed E-state index contributed by atoms with van der Waals surface area (Å²) in [6.07, 6.45) is 0.499. The van der Waals surface area contributed by atoms with E-state index in [9.17, 15) is 9.59 Å². The van der Waals surface area contributed by atoms with Crippen LogP contribution in [-0.2, 0) is 10.2 Å². The first kappa shape index (κ1) is 14.6. The molecule has 1 aliphatic heterocycles. The molecule has 20 heavy (non-hydrogen) atoms. The van der Waals surface area contributed by atoms with Crippen LogP contribution in [0.25, 0.3) is 0 Å². The number of amides is 1. The molecule has 110 valence electrons. The molecule has 1 aromatic rings. The van der Waals surface area contributed by atoms with Crippen molar-refractivity contribution in [3.63, 3.8) is 0 Å². The van der Waals surface area contributed by atoms with Crippen molar-refractivity contribution < 1.29 is 14.7 Å². The molecule has 2 atom stereocenters. The van der Waals surface area contributed by atoms with Crippen molar-refractivity contribution in [3.8, 4) is 0 Å². The van der Waals surface area contributed by atoms with E-state index >= 15 is 0 Å². The van der Waals surface area contributed by atoms with Crippen LogP contribution in [0.5, 0.6) is 0 Å². The molecule has 6 heteroatoms. The fourth-order valence-electron chi connectivity index (χ4n) is 2.52. The van der Waals surface area contributed by atoms with Crippen LogP contribution in [0.2, 0.25) is 0 Å². The molecule has 0 saturated carbocycles. The third-order valence-corrected chi connectivity index (χ3v) is 3.94. The molecule has 6 nitrogen and oxygen atoms in total. The number of aromatic nitrogens is 2. The van der Waals surface area contributed by atoms with Crippen molar-refractivity contribution in [2.45, 2.75) is 45.6 Å². The molecule has 0 radical (unpaired) electrons. The van der Waals surface area contributed by atoms with Gasteiger partial charge in [-0.1, -0.05) is 20.8 Å². The van der Waals surface area contributed by atoms with Crippen molar-refractivity contribution in [1.82, 2.24) is 15.1 Å². The Balaban J connectivity index is 2.17. The smallest absolute Gasteiger partial charge is 0.308 e. The van der Waals surface area contributed by atoms with Crippen molar-refractivity contribution in [1.29, 1.82) is 0 Å². The SMILES string of the molecule is CC1C(C(=O)O)CCN1C(=O)c1cc(C(C)(C)C)[nH]n1. The summed E-state index contributed by atoms with van der Waals surface area (Å²) in [6, 6.07) is 1.46. The summed E-state index contributed by atoms with van der Waals surface area (Å²) in [5.74, 6) is -1.53. The van der Waals surface area contributed by atoms with E-state index in [1.807, 2.05) is 20.8 Å². The zero-order valence-electron chi connectivity index (χ0n) is 12.3. The Labute approximate surface area is 118 Å². The highest BCUT2D eigenvalue weighted by atomic mass is 16.4. The van der Waals surface area contributed by atoms with Gasteiger partial charge >= 0.3 is 5.97 Å². The number of carboxylic acids is 1. The van der Waals surface area contributed by atoms with E-state index in [0.29, 0.717) is 18.7 Å². The first-order chi connectivity index (χ1) is 9.21. The van der Waals surface area contributed by atoms with Gasteiger partial charge in [-0.2, -0.15) is 5.10 Å². The normalized spacial score (nSPS) is 23.1. The molecule has 0 bridgehead atoms. The highest BCUT2D eigenvalue weighted by Crippen LogP contribution is 2.27. The highest BCUT2D eigenvalue weighted by molar-refractivity contribution is 5.93. The Morgan fingerprint density at radius 3 is 2.55 bits per heavy atom. The molecule has 0 aliphatic carbocycles. The van der Waals surface area contributed by atoms with E-state index in [4.69, 9.17) is 5.11 Å². The first-order valence-electron chi connectivity index (χ1n) is 6.81. The van der Waals surface area contributed by atoms with Crippen LogP contribution < -0.4 is 0 Å². The second-order valence-corrected chi connectivity index (χ2v) is 6.39. The maximum atomic E-state index is 12.4. The molecule has 1 aliphatic rings. The monoisotopic (exact) mass is 279 g/mol. The van der Waals surface area contributed by atoms with E-state index in [1.165, 1.54) is 0 Å². The van der Waals surface area contributed by atoms with E-state index in [2.05, 4.69) is 10.2 Å². The number of H-pyrrole nitrogens is 1. The molecule has 2 heterocycles. The number of carboxylic acid groups (broad SMARTS) is 1. The van der Waals surface area contributed by atoms with Crippen LogP contribution in [0, 0.1) is 5.92 Å². The lowest BCUT2D eigenvalue weighted by Crippen LogP contribution is -2.37. The number of aliphatic carboxylic acids is 1. The first-order valence-corrected chi connectivity index (χ1v) is 6.81. The van der Waals surface area contributed by atoms with Crippen LogP contribution in [-0.4, -0.2) is 44.7 Å². The van der Waals surface area contributed by atoms with Gasteiger partial charge in [-0.05, 0) is 19.4 Å². The number of hydrogen-bond acceptors (Lipinski definition) is 3. The van der Waals surface area contributed by atoms with Gasteiger partial charge in [0.2, 0.25) is 0 Å². The summed E-state index contributed by atoms with van der Waals surface area (Å²) < 4.78 is 0. The predicted molar refractivity (Wildman–Crippen MR) is 73.5 cm³/mol. The zero-order chi connectivity index (χ0) is 15.1. The van der Waals surface area contributed by atoms with Crippen molar-refractivity contribution in [2.24, 2.45) is 5.92 Å². The van der Waals surface area contributed by atoms with Crippen LogP contribution >= 0.6 is 0 Å². The average molecular weight is 279 g/mol. The third kappa shape index (κ3) is 2.55. The molecule has 0 aromatic carbocycles. The molecule has 1 fully saturated rings. The van der Waals surface area contributed by atoms with Crippen molar-refractivity contribution in [2.75, 3.05) is 6.54 Å². The van der Waals surface area contributed by atoms with E-state index < -0.39 is 11.9 Å². The molecule has 2 unspecified atom stereocenters. The number of carbonyl (C=O) groups excluding carboxylic acids is 1. The van der Waals surface area contributed by atoms with Gasteiger partial charge in [0.25, 0.3) is 5.91 Å². The van der Waals surface area contributed by atoms with Gasteiger partial charge in [-0.25, -0.2) is 0 Å². The average Bonchev–Trinajstić information content (AvgIpc) is 2.93. The van der Waals surface area contributed by atoms with E-state index in [1.54, 1.807) is 17.9 Å². The van der Waals surface area contributed by atoms with Gasteiger partial charge in [0.05, 0.1) is 5.92 Å². The molecular weight excluding hydrogens is 258 g/mol. The fraction of sp³-hybridized carbons (Fsp3) is 0.643. The Kier molecular flexibility index (Phi) is 3.58. The van der Waals surface area contributed by atoms with Crippen LogP contribution in [0.1, 0.15) is 50.3 Å². The molecule has 1 aromatic heterocycles. The van der Waals surface area contributed by atoms with Crippen LogP contribution in [0.4, 0.5) is 0 Å². The van der Waals surface area contributed by atoms with E-state index in [0.717, 1.165) is 5.69 Å². The maximum Gasteiger partial charge on any atom is 0.308 e. The minimum atomic E-state index is -0.842. The Morgan fingerprint density at radius 2 is 2.10 bits per heavy atom. The van der Waals surface area contributed by atoms with Gasteiger partial charge in [-0.15, -0.1) is 0 Å². The summed E-state index contributed by atoms with van der Waals surface area (Å²) in [7, 11) is 0. The number of hydrogen-bond donors (Lipinski definition) is 2. The second-order valence-electron chi connectivity index (χ2n) is 6.39. The van der Waals surface area contributed by atoms with Crippen LogP contribution in [0.15, 0.2) is 6.07 Å². The molecule has 2 N–H and O–H groups in total. The Hall–Kier alpha value is -1.85. The van der Waals surface area contributed by atoms with Crippen molar-refractivity contribution in [3.05, 3.63) is 17.5 Å². The zero-order valence-corrected chi connectivity index (χ0v) is 12.3. The molecule has 1 amide bonds. The Morgan fingerprint density at radius 1 is 1.45 bits per heavy atom. The van der Waals surface area contributed by atoms with E-state index in [-0.39, 0.29) is 17.4 Å². The van der Waals surface area contributed by atoms with Gasteiger partial charge in [0, 0.05) is 23.7 Å². The minimum Gasteiger partial charge on any atom is -0.481 e. The number of carbonyl (C=O) groups is 2. The highest BCUT2D eigenvalue weighted by Gasteiger charge is 2.39. The van der Waals surface area contributed by atoms with Gasteiger partial charge in [0.1, 0.15) is 5.69 Å². The summed E-state index contributed by atoms with van der Waals surface area (Å²) in [5.41, 5.74) is 1.14. The standard InChI is InChI=1S/C14H21N3O3/c1-8-9(13(19)20)5-6-17(8)12(18)10-7-11(16-15-10)14(2,3)4/h7-9H,5-6H2,1-4H3,(H,15,16)(H,19,20). The molecule has 2 rings (SSSR count). The van der Waals surface area contributed by atoms with Crippen molar-refractivity contribution >= 4 is 11.9 Å². The number of nitrogens with zero attached hydrogens (tertiary/aromatic N) is 2. The number of rotatable bonds is 2. The quantitative estimate of drug-likeness (QED) is 0.861. The fourth-order valence-corrected chi connectivity index (χ4v) is 2.52. The largest absolute Gasteiger partial charge is 0.481 e. The number of aromatic amines is 1. The van der Waals surface area contributed by atoms with Crippen LogP contribution in [0.3, 0.4) is 0 Å². The van der Waals surface area contributed by atoms with Gasteiger partial charge < -0.3 is 10.0 Å². The lowest BCUT2D eigenvalue weighted by atomic mass is 9.92. The molecule has 1 saturated heterocycles. The third-order valence-electron chi connectivity index (χ3n) is 3.94. The number of nitrogens with one attached hydrogen (secondary N) is 1. The molecular formula is C14H21N3O3. The summed E-state index contributed by atoms with van der Waals surface area (Å²) in [5, 5.41) is 16.1. The second kappa shape index (κ2) is 4.92. The summed E-state index contributed by atoms with van der Waals surface area (Å²) in [4.78, 5) is 25.1. The minimum absolute atomic E-state index is 0.105. The predicted octanol–water partition coefficient (Wildman–Crippen LogP) is 1.64. The molecule has 0 spiro atoms. The maximum absolute atomic E-state index is 12.4. The lowest BCUT2D eigenvalue weighted by Gasteiger charge is -2.22. The topological polar surface area (TPSA) is 86.3 Å².